The predicted molar refractivity (Wildman–Crippen MR) is 78.9 cm³/mol. The number of aromatic nitrogens is 1. The first-order valence-electron chi connectivity index (χ1n) is 6.83. The van der Waals surface area contributed by atoms with Crippen LogP contribution in [-0.2, 0) is 6.54 Å². The van der Waals surface area contributed by atoms with E-state index in [-0.39, 0.29) is 0 Å². The highest BCUT2D eigenvalue weighted by atomic mass is 15.2. The van der Waals surface area contributed by atoms with Gasteiger partial charge in [-0.25, -0.2) is 4.98 Å². The molecule has 0 unspecified atom stereocenters. The molecule has 1 N–H and O–H groups in total. The number of nitrogens with zero attached hydrogens (tertiary/aromatic N) is 2. The zero-order valence-electron chi connectivity index (χ0n) is 11.7. The van der Waals surface area contributed by atoms with Gasteiger partial charge in [0.1, 0.15) is 5.82 Å². The van der Waals surface area contributed by atoms with Crippen LogP contribution in [0.2, 0.25) is 0 Å². The molecular formula is C15H25N3. The summed E-state index contributed by atoms with van der Waals surface area (Å²) < 4.78 is 0. The predicted octanol–water partition coefficient (Wildman–Crippen LogP) is 2.98. The van der Waals surface area contributed by atoms with Crippen LogP contribution < -0.4 is 10.2 Å². The summed E-state index contributed by atoms with van der Waals surface area (Å²) in [6.45, 7) is 12.0. The Morgan fingerprint density at radius 1 is 1.33 bits per heavy atom. The van der Waals surface area contributed by atoms with E-state index in [0.717, 1.165) is 44.8 Å². The van der Waals surface area contributed by atoms with Crippen molar-refractivity contribution in [1.29, 1.82) is 0 Å². The molecule has 0 atom stereocenters. The van der Waals surface area contributed by atoms with Crippen LogP contribution >= 0.6 is 0 Å². The van der Waals surface area contributed by atoms with Crippen LogP contribution in [0, 0.1) is 0 Å². The van der Waals surface area contributed by atoms with Crippen molar-refractivity contribution in [3.8, 4) is 0 Å². The summed E-state index contributed by atoms with van der Waals surface area (Å²) >= 11 is 0. The largest absolute Gasteiger partial charge is 0.353 e. The Labute approximate surface area is 111 Å². The molecule has 1 aromatic rings. The van der Waals surface area contributed by atoms with Crippen LogP contribution in [0.25, 0.3) is 0 Å². The van der Waals surface area contributed by atoms with E-state index in [2.05, 4.69) is 47.8 Å². The van der Waals surface area contributed by atoms with Crippen LogP contribution in [-0.4, -0.2) is 24.6 Å². The number of nitrogens with one attached hydrogen (secondary N) is 1. The highest BCUT2D eigenvalue weighted by Gasteiger charge is 2.04. The second-order valence-corrected chi connectivity index (χ2v) is 4.44. The minimum absolute atomic E-state index is 0.855. The van der Waals surface area contributed by atoms with Crippen LogP contribution in [0.5, 0.6) is 0 Å². The van der Waals surface area contributed by atoms with Gasteiger partial charge in [0.15, 0.2) is 0 Å². The summed E-state index contributed by atoms with van der Waals surface area (Å²) in [6.07, 6.45) is 6.17. The minimum Gasteiger partial charge on any atom is -0.353 e. The van der Waals surface area contributed by atoms with Gasteiger partial charge in [0.25, 0.3) is 0 Å². The van der Waals surface area contributed by atoms with Gasteiger partial charge in [-0.3, -0.25) is 0 Å². The molecule has 3 nitrogen and oxygen atoms in total. The lowest BCUT2D eigenvalue weighted by atomic mass is 10.2. The Morgan fingerprint density at radius 3 is 2.72 bits per heavy atom. The lowest BCUT2D eigenvalue weighted by Gasteiger charge is -2.21. The molecule has 0 amide bonds. The monoisotopic (exact) mass is 247 g/mol. The molecule has 1 heterocycles. The van der Waals surface area contributed by atoms with E-state index in [4.69, 9.17) is 0 Å². The molecule has 0 spiro atoms. The van der Waals surface area contributed by atoms with Gasteiger partial charge in [0, 0.05) is 25.8 Å². The van der Waals surface area contributed by atoms with Crippen molar-refractivity contribution < 1.29 is 0 Å². The third kappa shape index (κ3) is 4.88. The molecular weight excluding hydrogens is 222 g/mol. The first-order valence-corrected chi connectivity index (χ1v) is 6.83. The smallest absolute Gasteiger partial charge is 0.128 e. The van der Waals surface area contributed by atoms with Crippen LogP contribution in [0.1, 0.15) is 32.3 Å². The highest BCUT2D eigenvalue weighted by Crippen LogP contribution is 2.11. The Hall–Kier alpha value is -1.35. The van der Waals surface area contributed by atoms with Crippen molar-refractivity contribution >= 4 is 5.82 Å². The molecule has 18 heavy (non-hydrogen) atoms. The van der Waals surface area contributed by atoms with Crippen molar-refractivity contribution in [2.24, 2.45) is 0 Å². The molecule has 0 fully saturated rings. The van der Waals surface area contributed by atoms with Crippen molar-refractivity contribution in [2.45, 2.75) is 33.2 Å². The van der Waals surface area contributed by atoms with E-state index in [0.29, 0.717) is 0 Å². The lowest BCUT2D eigenvalue weighted by molar-refractivity contribution is 0.673. The van der Waals surface area contributed by atoms with E-state index >= 15 is 0 Å². The van der Waals surface area contributed by atoms with Crippen LogP contribution in [0.4, 0.5) is 5.82 Å². The molecule has 0 saturated heterocycles. The Morgan fingerprint density at radius 2 is 2.17 bits per heavy atom. The van der Waals surface area contributed by atoms with Gasteiger partial charge in [0.2, 0.25) is 0 Å². The molecule has 1 rings (SSSR count). The fourth-order valence-electron chi connectivity index (χ4n) is 1.84. The second kappa shape index (κ2) is 8.70. The van der Waals surface area contributed by atoms with E-state index < -0.39 is 0 Å². The van der Waals surface area contributed by atoms with Gasteiger partial charge in [-0.1, -0.05) is 26.0 Å². The number of pyridine rings is 1. The summed E-state index contributed by atoms with van der Waals surface area (Å²) in [4.78, 5) is 6.78. The maximum atomic E-state index is 4.53. The maximum Gasteiger partial charge on any atom is 0.128 e. The van der Waals surface area contributed by atoms with Gasteiger partial charge in [-0.2, -0.15) is 0 Å². The van der Waals surface area contributed by atoms with Crippen molar-refractivity contribution in [2.75, 3.05) is 24.5 Å². The third-order valence-electron chi connectivity index (χ3n) is 2.73. The summed E-state index contributed by atoms with van der Waals surface area (Å²) in [6, 6.07) is 4.25. The average molecular weight is 247 g/mol. The number of anilines is 1. The Bertz CT molecular complexity index is 332. The normalized spacial score (nSPS) is 10.3. The molecule has 0 saturated carbocycles. The number of hydrogen-bond acceptors (Lipinski definition) is 3. The average Bonchev–Trinajstić information content (AvgIpc) is 2.40. The van der Waals surface area contributed by atoms with E-state index in [1.165, 1.54) is 5.56 Å². The number of hydrogen-bond donors (Lipinski definition) is 1. The van der Waals surface area contributed by atoms with Gasteiger partial charge >= 0.3 is 0 Å². The molecule has 1 aromatic heterocycles. The Kier molecular flexibility index (Phi) is 7.11. The van der Waals surface area contributed by atoms with E-state index in [1.807, 2.05) is 12.3 Å². The molecule has 0 radical (unpaired) electrons. The third-order valence-corrected chi connectivity index (χ3v) is 2.73. The quantitative estimate of drug-likeness (QED) is 0.537. The molecule has 0 bridgehead atoms. The van der Waals surface area contributed by atoms with Gasteiger partial charge < -0.3 is 10.2 Å². The standard InChI is InChI=1S/C15H25N3/c1-4-9-16-12-14-7-8-15(17-13-14)18(10-5-2)11-6-3/h5,7-8,13,16H,2,4,6,9-12H2,1,3H3. The van der Waals surface area contributed by atoms with Crippen LogP contribution in [0.15, 0.2) is 31.0 Å². The maximum absolute atomic E-state index is 4.53. The van der Waals surface area contributed by atoms with E-state index in [1.54, 1.807) is 0 Å². The zero-order valence-corrected chi connectivity index (χ0v) is 11.7. The molecule has 0 aliphatic rings. The highest BCUT2D eigenvalue weighted by molar-refractivity contribution is 5.40. The van der Waals surface area contributed by atoms with Crippen molar-refractivity contribution in [3.05, 3.63) is 36.5 Å². The van der Waals surface area contributed by atoms with Crippen LogP contribution in [0.3, 0.4) is 0 Å². The zero-order chi connectivity index (χ0) is 13.2. The summed E-state index contributed by atoms with van der Waals surface area (Å²) in [5.41, 5.74) is 1.24. The van der Waals surface area contributed by atoms with E-state index in [9.17, 15) is 0 Å². The van der Waals surface area contributed by atoms with Crippen molar-refractivity contribution in [1.82, 2.24) is 10.3 Å². The summed E-state index contributed by atoms with van der Waals surface area (Å²) in [5.74, 6) is 1.04. The molecule has 0 aromatic carbocycles. The lowest BCUT2D eigenvalue weighted by Crippen LogP contribution is -2.25. The molecule has 0 aliphatic carbocycles. The molecule has 100 valence electrons. The molecule has 0 aliphatic heterocycles. The summed E-state index contributed by atoms with van der Waals surface area (Å²) in [7, 11) is 0. The van der Waals surface area contributed by atoms with Gasteiger partial charge in [-0.05, 0) is 31.0 Å². The van der Waals surface area contributed by atoms with Gasteiger partial charge in [-0.15, -0.1) is 6.58 Å². The Balaban J connectivity index is 2.58. The number of rotatable bonds is 9. The van der Waals surface area contributed by atoms with Gasteiger partial charge in [0.05, 0.1) is 0 Å². The minimum atomic E-state index is 0.855. The fraction of sp³-hybridized carbons (Fsp3) is 0.533. The fourth-order valence-corrected chi connectivity index (χ4v) is 1.84. The molecule has 3 heteroatoms. The SMILES string of the molecule is C=CCN(CCC)c1ccc(CNCCC)cn1. The first kappa shape index (κ1) is 14.7. The second-order valence-electron chi connectivity index (χ2n) is 4.44. The van der Waals surface area contributed by atoms with Crippen molar-refractivity contribution in [3.63, 3.8) is 0 Å². The topological polar surface area (TPSA) is 28.2 Å². The first-order chi connectivity index (χ1) is 8.81. The summed E-state index contributed by atoms with van der Waals surface area (Å²) in [5, 5.41) is 3.38.